The van der Waals surface area contributed by atoms with Crippen LogP contribution in [0.2, 0.25) is 0 Å². The van der Waals surface area contributed by atoms with E-state index in [0.717, 1.165) is 11.4 Å². The van der Waals surface area contributed by atoms with Crippen molar-refractivity contribution in [3.8, 4) is 0 Å². The SMILES string of the molecule is Cc1ccc(C)n1NC(=O)C(C)C(C)C(=O)O. The Balaban J connectivity index is 2.76. The fourth-order valence-electron chi connectivity index (χ4n) is 1.50. The molecule has 1 heterocycles. The molecular weight excluding hydrogens is 220 g/mol. The van der Waals surface area contributed by atoms with Gasteiger partial charge in [-0.2, -0.15) is 0 Å². The molecule has 0 aliphatic rings. The molecule has 0 radical (unpaired) electrons. The van der Waals surface area contributed by atoms with Gasteiger partial charge in [0.1, 0.15) is 0 Å². The van der Waals surface area contributed by atoms with Crippen LogP contribution < -0.4 is 5.43 Å². The fourth-order valence-corrected chi connectivity index (χ4v) is 1.50. The van der Waals surface area contributed by atoms with Gasteiger partial charge in [-0.25, -0.2) is 0 Å². The number of hydrogen-bond acceptors (Lipinski definition) is 2. The number of amides is 1. The molecule has 0 aromatic carbocycles. The van der Waals surface area contributed by atoms with E-state index in [1.54, 1.807) is 11.6 Å². The summed E-state index contributed by atoms with van der Waals surface area (Å²) in [5, 5.41) is 8.85. The van der Waals surface area contributed by atoms with Crippen LogP contribution in [0.15, 0.2) is 12.1 Å². The number of nitrogens with one attached hydrogen (secondary N) is 1. The van der Waals surface area contributed by atoms with Gasteiger partial charge in [0.15, 0.2) is 0 Å². The molecule has 0 saturated heterocycles. The summed E-state index contributed by atoms with van der Waals surface area (Å²) in [6.45, 7) is 6.89. The Bertz CT molecular complexity index is 417. The van der Waals surface area contributed by atoms with Gasteiger partial charge < -0.3 is 5.11 Å². The minimum Gasteiger partial charge on any atom is -0.481 e. The third-order valence-electron chi connectivity index (χ3n) is 3.05. The topological polar surface area (TPSA) is 71.3 Å². The average molecular weight is 238 g/mol. The quantitative estimate of drug-likeness (QED) is 0.835. The van der Waals surface area contributed by atoms with Crippen LogP contribution in [0.4, 0.5) is 0 Å². The highest BCUT2D eigenvalue weighted by Crippen LogP contribution is 2.13. The van der Waals surface area contributed by atoms with Crippen LogP contribution in [0.1, 0.15) is 25.2 Å². The van der Waals surface area contributed by atoms with E-state index in [1.807, 2.05) is 26.0 Å². The number of aliphatic carboxylic acids is 1. The van der Waals surface area contributed by atoms with Gasteiger partial charge in [0.25, 0.3) is 0 Å². The van der Waals surface area contributed by atoms with E-state index in [0.29, 0.717) is 0 Å². The molecule has 94 valence electrons. The largest absolute Gasteiger partial charge is 0.481 e. The summed E-state index contributed by atoms with van der Waals surface area (Å²) in [4.78, 5) is 22.7. The number of carboxylic acid groups (broad SMARTS) is 1. The van der Waals surface area contributed by atoms with Gasteiger partial charge in [-0.05, 0) is 26.0 Å². The highest BCUT2D eigenvalue weighted by molar-refractivity contribution is 5.89. The van der Waals surface area contributed by atoms with Gasteiger partial charge >= 0.3 is 5.97 Å². The molecule has 0 bridgehead atoms. The minimum atomic E-state index is -0.964. The fraction of sp³-hybridized carbons (Fsp3) is 0.500. The van der Waals surface area contributed by atoms with Crippen molar-refractivity contribution in [2.45, 2.75) is 27.7 Å². The van der Waals surface area contributed by atoms with Crippen LogP contribution in [0.25, 0.3) is 0 Å². The van der Waals surface area contributed by atoms with E-state index < -0.39 is 17.8 Å². The van der Waals surface area contributed by atoms with Crippen molar-refractivity contribution in [3.05, 3.63) is 23.5 Å². The third kappa shape index (κ3) is 2.87. The molecule has 1 amide bonds. The molecule has 0 aliphatic carbocycles. The van der Waals surface area contributed by atoms with Crippen LogP contribution in [0.5, 0.6) is 0 Å². The smallest absolute Gasteiger partial charge is 0.307 e. The average Bonchev–Trinajstić information content (AvgIpc) is 2.58. The van der Waals surface area contributed by atoms with Crippen molar-refractivity contribution in [3.63, 3.8) is 0 Å². The zero-order valence-electron chi connectivity index (χ0n) is 10.5. The van der Waals surface area contributed by atoms with Crippen molar-refractivity contribution >= 4 is 11.9 Å². The standard InChI is InChI=1S/C12H18N2O3/c1-7-5-6-8(2)14(7)13-11(15)9(3)10(4)12(16)17/h5-6,9-10H,1-4H3,(H,13,15)(H,16,17). The van der Waals surface area contributed by atoms with Crippen molar-refractivity contribution < 1.29 is 14.7 Å². The Morgan fingerprint density at radius 3 is 2.06 bits per heavy atom. The van der Waals surface area contributed by atoms with Gasteiger partial charge in [0, 0.05) is 17.3 Å². The second-order valence-corrected chi connectivity index (χ2v) is 4.34. The number of aryl methyl sites for hydroxylation is 2. The second-order valence-electron chi connectivity index (χ2n) is 4.34. The van der Waals surface area contributed by atoms with E-state index in [-0.39, 0.29) is 5.91 Å². The molecule has 0 aliphatic heterocycles. The molecule has 2 atom stereocenters. The summed E-state index contributed by atoms with van der Waals surface area (Å²) in [6.07, 6.45) is 0. The molecule has 1 aromatic heterocycles. The lowest BCUT2D eigenvalue weighted by atomic mass is 9.96. The van der Waals surface area contributed by atoms with Crippen molar-refractivity contribution in [2.24, 2.45) is 11.8 Å². The van der Waals surface area contributed by atoms with Crippen molar-refractivity contribution in [1.29, 1.82) is 0 Å². The molecule has 17 heavy (non-hydrogen) atoms. The maximum Gasteiger partial charge on any atom is 0.307 e. The predicted molar refractivity (Wildman–Crippen MR) is 64.2 cm³/mol. The summed E-state index contributed by atoms with van der Waals surface area (Å²) in [5.41, 5.74) is 4.53. The summed E-state index contributed by atoms with van der Waals surface area (Å²) < 4.78 is 1.66. The molecule has 5 heteroatoms. The number of rotatable bonds is 4. The number of carbonyl (C=O) groups is 2. The molecule has 5 nitrogen and oxygen atoms in total. The van der Waals surface area contributed by atoms with Crippen molar-refractivity contribution in [1.82, 2.24) is 4.68 Å². The predicted octanol–water partition coefficient (Wildman–Crippen LogP) is 1.53. The van der Waals surface area contributed by atoms with Crippen LogP contribution in [0.3, 0.4) is 0 Å². The molecule has 2 N–H and O–H groups in total. The maximum absolute atomic E-state index is 11.9. The van der Waals surface area contributed by atoms with E-state index in [1.165, 1.54) is 6.92 Å². The lowest BCUT2D eigenvalue weighted by Crippen LogP contribution is -2.34. The third-order valence-corrected chi connectivity index (χ3v) is 3.05. The monoisotopic (exact) mass is 238 g/mol. The normalized spacial score (nSPS) is 14.1. The summed E-state index contributed by atoms with van der Waals surface area (Å²) in [6, 6.07) is 3.78. The van der Waals surface area contributed by atoms with E-state index in [2.05, 4.69) is 5.43 Å². The number of aromatic nitrogens is 1. The van der Waals surface area contributed by atoms with Gasteiger partial charge in [0.05, 0.1) is 5.92 Å². The Kier molecular flexibility index (Phi) is 3.93. The zero-order valence-corrected chi connectivity index (χ0v) is 10.5. The lowest BCUT2D eigenvalue weighted by molar-refractivity contribution is -0.145. The molecule has 1 aromatic rings. The van der Waals surface area contributed by atoms with Crippen LogP contribution in [-0.4, -0.2) is 21.7 Å². The number of nitrogens with zero attached hydrogens (tertiary/aromatic N) is 1. The highest BCUT2D eigenvalue weighted by atomic mass is 16.4. The molecule has 1 rings (SSSR count). The Morgan fingerprint density at radius 2 is 1.65 bits per heavy atom. The lowest BCUT2D eigenvalue weighted by Gasteiger charge is -2.18. The molecule has 2 unspecified atom stereocenters. The Labute approximate surface area is 100 Å². The van der Waals surface area contributed by atoms with E-state index >= 15 is 0 Å². The first-order valence-corrected chi connectivity index (χ1v) is 5.53. The second kappa shape index (κ2) is 5.03. The van der Waals surface area contributed by atoms with Gasteiger partial charge in [-0.3, -0.25) is 19.7 Å². The van der Waals surface area contributed by atoms with Crippen molar-refractivity contribution in [2.75, 3.05) is 5.43 Å². The Morgan fingerprint density at radius 1 is 1.18 bits per heavy atom. The summed E-state index contributed by atoms with van der Waals surface area (Å²) >= 11 is 0. The highest BCUT2D eigenvalue weighted by Gasteiger charge is 2.26. The van der Waals surface area contributed by atoms with Crippen LogP contribution >= 0.6 is 0 Å². The molecule has 0 spiro atoms. The molecular formula is C12H18N2O3. The Hall–Kier alpha value is -1.78. The zero-order chi connectivity index (χ0) is 13.2. The summed E-state index contributed by atoms with van der Waals surface area (Å²) in [7, 11) is 0. The van der Waals surface area contributed by atoms with Crippen LogP contribution in [0, 0.1) is 25.7 Å². The van der Waals surface area contributed by atoms with Gasteiger partial charge in [-0.15, -0.1) is 0 Å². The molecule has 0 saturated carbocycles. The molecule has 0 fully saturated rings. The van der Waals surface area contributed by atoms with Crippen LogP contribution in [-0.2, 0) is 9.59 Å². The maximum atomic E-state index is 11.9. The first-order valence-electron chi connectivity index (χ1n) is 5.53. The first kappa shape index (κ1) is 13.3. The summed E-state index contributed by atoms with van der Waals surface area (Å²) in [5.74, 6) is -2.53. The van der Waals surface area contributed by atoms with Gasteiger partial charge in [0.2, 0.25) is 5.91 Å². The minimum absolute atomic E-state index is 0.290. The number of hydrogen-bond donors (Lipinski definition) is 2. The number of carbonyl (C=O) groups excluding carboxylic acids is 1. The number of carboxylic acids is 1. The van der Waals surface area contributed by atoms with Gasteiger partial charge in [-0.1, -0.05) is 13.8 Å². The van der Waals surface area contributed by atoms with E-state index in [9.17, 15) is 9.59 Å². The van der Waals surface area contributed by atoms with E-state index in [4.69, 9.17) is 5.11 Å². The first-order chi connectivity index (χ1) is 7.84.